The molecule has 0 amide bonds. The number of hydrogen-bond acceptors (Lipinski definition) is 1. The van der Waals surface area contributed by atoms with E-state index >= 15 is 0 Å². The van der Waals surface area contributed by atoms with Crippen molar-refractivity contribution in [2.75, 3.05) is 7.05 Å². The summed E-state index contributed by atoms with van der Waals surface area (Å²) in [5, 5.41) is 0. The Balaban J connectivity index is 1.88. The normalized spacial score (nSPS) is 24.3. The van der Waals surface area contributed by atoms with Crippen LogP contribution in [0.15, 0.2) is 48.5 Å². The van der Waals surface area contributed by atoms with Gasteiger partial charge in [0.25, 0.3) is 0 Å². The SMILES string of the molecule is Cc1ccc(C2=C(c3ccc(C)cc3)[C@H]3CC[C@@H](C2)N3C)cc1. The van der Waals surface area contributed by atoms with Gasteiger partial charge in [-0.2, -0.15) is 0 Å². The monoisotopic (exact) mass is 303 g/mol. The number of rotatable bonds is 2. The zero-order valence-electron chi connectivity index (χ0n) is 14.3. The van der Waals surface area contributed by atoms with E-state index in [0.29, 0.717) is 12.1 Å². The van der Waals surface area contributed by atoms with E-state index in [4.69, 9.17) is 0 Å². The third kappa shape index (κ3) is 2.53. The fourth-order valence-electron chi connectivity index (χ4n) is 4.28. The fourth-order valence-corrected chi connectivity index (χ4v) is 4.28. The van der Waals surface area contributed by atoms with E-state index in [1.807, 2.05) is 0 Å². The molecule has 2 atom stereocenters. The van der Waals surface area contributed by atoms with Crippen molar-refractivity contribution in [1.29, 1.82) is 0 Å². The maximum Gasteiger partial charge on any atom is 0.0357 e. The third-order valence-corrected chi connectivity index (χ3v) is 5.70. The average molecular weight is 303 g/mol. The highest BCUT2D eigenvalue weighted by Crippen LogP contribution is 2.46. The minimum Gasteiger partial charge on any atom is -0.296 e. The summed E-state index contributed by atoms with van der Waals surface area (Å²) in [7, 11) is 2.31. The van der Waals surface area contributed by atoms with Crippen molar-refractivity contribution in [2.45, 2.75) is 45.2 Å². The lowest BCUT2D eigenvalue weighted by atomic mass is 9.84. The van der Waals surface area contributed by atoms with Gasteiger partial charge in [0, 0.05) is 12.1 Å². The molecular formula is C22H25N. The molecule has 0 spiro atoms. The maximum absolute atomic E-state index is 2.60. The van der Waals surface area contributed by atoms with Gasteiger partial charge in [0.2, 0.25) is 0 Å². The molecule has 2 aliphatic rings. The van der Waals surface area contributed by atoms with Crippen LogP contribution in [0.2, 0.25) is 0 Å². The second kappa shape index (κ2) is 5.65. The lowest BCUT2D eigenvalue weighted by Gasteiger charge is -2.36. The van der Waals surface area contributed by atoms with E-state index in [0.717, 1.165) is 0 Å². The predicted octanol–water partition coefficient (Wildman–Crippen LogP) is 5.08. The molecule has 4 rings (SSSR count). The van der Waals surface area contributed by atoms with Gasteiger partial charge < -0.3 is 0 Å². The largest absolute Gasteiger partial charge is 0.296 e. The summed E-state index contributed by atoms with van der Waals surface area (Å²) in [5.41, 5.74) is 8.62. The number of aryl methyl sites for hydroxylation is 2. The minimum atomic E-state index is 0.577. The zero-order chi connectivity index (χ0) is 16.0. The molecule has 0 N–H and O–H groups in total. The standard InChI is InChI=1S/C22H25N/c1-15-4-8-17(9-5-15)20-14-19-12-13-21(23(19)3)22(20)18-10-6-16(2)7-11-18/h4-11,19,21H,12-14H2,1-3H3/t19-,21+/m0/s1. The Bertz CT molecular complexity index is 737. The van der Waals surface area contributed by atoms with Gasteiger partial charge in [-0.3, -0.25) is 4.90 Å². The molecular weight excluding hydrogens is 278 g/mol. The van der Waals surface area contributed by atoms with Crippen LogP contribution in [0, 0.1) is 13.8 Å². The van der Waals surface area contributed by atoms with Crippen LogP contribution in [-0.2, 0) is 0 Å². The summed E-state index contributed by atoms with van der Waals surface area (Å²) in [5.74, 6) is 0. The van der Waals surface area contributed by atoms with Crippen LogP contribution in [0.1, 0.15) is 41.5 Å². The van der Waals surface area contributed by atoms with Crippen LogP contribution in [0.5, 0.6) is 0 Å². The summed E-state index contributed by atoms with van der Waals surface area (Å²) >= 11 is 0. The molecule has 0 aromatic heterocycles. The molecule has 0 radical (unpaired) electrons. The fraction of sp³-hybridized carbons (Fsp3) is 0.364. The Labute approximate surface area is 139 Å². The molecule has 2 aromatic carbocycles. The van der Waals surface area contributed by atoms with E-state index in [1.54, 1.807) is 11.1 Å². The molecule has 2 aliphatic heterocycles. The summed E-state index contributed by atoms with van der Waals surface area (Å²) in [4.78, 5) is 2.60. The lowest BCUT2D eigenvalue weighted by molar-refractivity contribution is 0.271. The highest BCUT2D eigenvalue weighted by atomic mass is 15.2. The van der Waals surface area contributed by atoms with Crippen molar-refractivity contribution in [1.82, 2.24) is 4.90 Å². The van der Waals surface area contributed by atoms with Crippen LogP contribution in [0.4, 0.5) is 0 Å². The second-order valence-electron chi connectivity index (χ2n) is 7.24. The number of hydrogen-bond donors (Lipinski definition) is 0. The Kier molecular flexibility index (Phi) is 3.61. The van der Waals surface area contributed by atoms with Gasteiger partial charge >= 0.3 is 0 Å². The van der Waals surface area contributed by atoms with Crippen LogP contribution < -0.4 is 0 Å². The van der Waals surface area contributed by atoms with E-state index in [1.165, 1.54) is 41.5 Å². The first kappa shape index (κ1) is 14.7. The molecule has 2 bridgehead atoms. The number of likely N-dealkylation sites (N-methyl/N-ethyl adjacent to an activating group) is 1. The highest BCUT2D eigenvalue weighted by Gasteiger charge is 2.39. The first-order valence-electron chi connectivity index (χ1n) is 8.72. The van der Waals surface area contributed by atoms with Gasteiger partial charge in [-0.15, -0.1) is 0 Å². The topological polar surface area (TPSA) is 3.24 Å². The zero-order valence-corrected chi connectivity index (χ0v) is 14.3. The van der Waals surface area contributed by atoms with Crippen molar-refractivity contribution in [3.8, 4) is 0 Å². The summed E-state index contributed by atoms with van der Waals surface area (Å²) in [6, 6.07) is 19.5. The van der Waals surface area contributed by atoms with Gasteiger partial charge in [-0.25, -0.2) is 0 Å². The van der Waals surface area contributed by atoms with Crippen LogP contribution in [0.3, 0.4) is 0 Å². The van der Waals surface area contributed by atoms with Crippen molar-refractivity contribution in [3.05, 3.63) is 70.8 Å². The number of benzene rings is 2. The van der Waals surface area contributed by atoms with Crippen LogP contribution in [-0.4, -0.2) is 24.0 Å². The van der Waals surface area contributed by atoms with Gasteiger partial charge in [0.05, 0.1) is 0 Å². The first-order chi connectivity index (χ1) is 11.1. The molecule has 118 valence electrons. The Hall–Kier alpha value is -1.86. The Morgan fingerprint density at radius 1 is 0.783 bits per heavy atom. The van der Waals surface area contributed by atoms with E-state index < -0.39 is 0 Å². The average Bonchev–Trinajstić information content (AvgIpc) is 2.80. The molecule has 0 aliphatic carbocycles. The predicted molar refractivity (Wildman–Crippen MR) is 98.4 cm³/mol. The van der Waals surface area contributed by atoms with Crippen molar-refractivity contribution in [3.63, 3.8) is 0 Å². The Morgan fingerprint density at radius 2 is 1.35 bits per heavy atom. The molecule has 0 unspecified atom stereocenters. The molecule has 1 saturated heterocycles. The molecule has 2 aromatic rings. The molecule has 0 saturated carbocycles. The van der Waals surface area contributed by atoms with Crippen LogP contribution in [0.25, 0.3) is 11.1 Å². The van der Waals surface area contributed by atoms with Gasteiger partial charge in [-0.1, -0.05) is 59.7 Å². The van der Waals surface area contributed by atoms with Crippen LogP contribution >= 0.6 is 0 Å². The highest BCUT2D eigenvalue weighted by molar-refractivity contribution is 5.94. The minimum absolute atomic E-state index is 0.577. The molecule has 2 heterocycles. The molecule has 1 heteroatoms. The van der Waals surface area contributed by atoms with Gasteiger partial charge in [0.1, 0.15) is 0 Å². The quantitative estimate of drug-likeness (QED) is 0.747. The molecule has 1 nitrogen and oxygen atoms in total. The van der Waals surface area contributed by atoms with E-state index in [-0.39, 0.29) is 0 Å². The van der Waals surface area contributed by atoms with E-state index in [9.17, 15) is 0 Å². The molecule has 23 heavy (non-hydrogen) atoms. The maximum atomic E-state index is 2.60. The van der Waals surface area contributed by atoms with Gasteiger partial charge in [-0.05, 0) is 62.4 Å². The van der Waals surface area contributed by atoms with Gasteiger partial charge in [0.15, 0.2) is 0 Å². The lowest BCUT2D eigenvalue weighted by Crippen LogP contribution is -2.37. The smallest absolute Gasteiger partial charge is 0.0357 e. The number of nitrogens with zero attached hydrogens (tertiary/aromatic N) is 1. The van der Waals surface area contributed by atoms with Crippen molar-refractivity contribution < 1.29 is 0 Å². The Morgan fingerprint density at radius 3 is 1.96 bits per heavy atom. The molecule has 1 fully saturated rings. The summed E-state index contributed by atoms with van der Waals surface area (Å²) in [6.07, 6.45) is 3.80. The summed E-state index contributed by atoms with van der Waals surface area (Å²) in [6.45, 7) is 4.33. The van der Waals surface area contributed by atoms with Crippen molar-refractivity contribution >= 4 is 11.1 Å². The summed E-state index contributed by atoms with van der Waals surface area (Å²) < 4.78 is 0. The third-order valence-electron chi connectivity index (χ3n) is 5.70. The first-order valence-corrected chi connectivity index (χ1v) is 8.72. The van der Waals surface area contributed by atoms with Crippen molar-refractivity contribution in [2.24, 2.45) is 0 Å². The second-order valence-corrected chi connectivity index (χ2v) is 7.24. The van der Waals surface area contributed by atoms with E-state index in [2.05, 4.69) is 74.3 Å². The number of fused-ring (bicyclic) bond motifs is 2.